The monoisotopic (exact) mass is 341 g/mol. The van der Waals surface area contributed by atoms with Gasteiger partial charge in [0.2, 0.25) is 0 Å². The summed E-state index contributed by atoms with van der Waals surface area (Å²) in [5, 5.41) is 10.4. The normalized spacial score (nSPS) is 20.7. The summed E-state index contributed by atoms with van der Waals surface area (Å²) in [6, 6.07) is 3.26. The number of rotatable bonds is 6. The molecule has 1 aromatic rings. The summed E-state index contributed by atoms with van der Waals surface area (Å²) in [6.07, 6.45) is 1.42. The van der Waals surface area contributed by atoms with Crippen LogP contribution in [-0.2, 0) is 0 Å². The summed E-state index contributed by atoms with van der Waals surface area (Å²) >= 11 is 6.29. The summed E-state index contributed by atoms with van der Waals surface area (Å²) in [5.41, 5.74) is -0.383. The summed E-state index contributed by atoms with van der Waals surface area (Å²) in [7, 11) is 0. The maximum Gasteiger partial charge on any atom is 0.254 e. The summed E-state index contributed by atoms with van der Waals surface area (Å²) in [6.45, 7) is 7.44. The highest BCUT2D eigenvalue weighted by Crippen LogP contribution is 2.37. The third-order valence-corrected chi connectivity index (χ3v) is 4.03. The van der Waals surface area contributed by atoms with Gasteiger partial charge in [0, 0.05) is 18.7 Å². The largest absolute Gasteiger partial charge is 0.490 e. The molecule has 1 aromatic carbocycles. The molecule has 5 nitrogen and oxygen atoms in total. The predicted octanol–water partition coefficient (Wildman–Crippen LogP) is 3.12. The van der Waals surface area contributed by atoms with Crippen LogP contribution in [0.3, 0.4) is 0 Å². The molecule has 6 heteroatoms. The van der Waals surface area contributed by atoms with Crippen LogP contribution >= 0.6 is 11.6 Å². The van der Waals surface area contributed by atoms with Gasteiger partial charge in [0.05, 0.1) is 23.8 Å². The third kappa shape index (κ3) is 4.30. The highest BCUT2D eigenvalue weighted by atomic mass is 35.5. The van der Waals surface area contributed by atoms with Gasteiger partial charge in [0.25, 0.3) is 5.91 Å². The molecule has 0 saturated carbocycles. The number of halogens is 1. The van der Waals surface area contributed by atoms with Crippen molar-refractivity contribution in [1.29, 1.82) is 0 Å². The maximum absolute atomic E-state index is 12.6. The Morgan fingerprint density at radius 1 is 1.39 bits per heavy atom. The van der Waals surface area contributed by atoms with Crippen molar-refractivity contribution in [2.45, 2.75) is 39.2 Å². The number of hydrogen-bond donors (Lipinski definition) is 1. The van der Waals surface area contributed by atoms with Gasteiger partial charge in [-0.05, 0) is 38.8 Å². The zero-order valence-corrected chi connectivity index (χ0v) is 14.7. The lowest BCUT2D eigenvalue weighted by Gasteiger charge is -2.20. The van der Waals surface area contributed by atoms with Gasteiger partial charge in [-0.1, -0.05) is 18.5 Å². The predicted molar refractivity (Wildman–Crippen MR) is 89.6 cm³/mol. The first kappa shape index (κ1) is 17.9. The van der Waals surface area contributed by atoms with E-state index in [2.05, 4.69) is 0 Å². The van der Waals surface area contributed by atoms with Crippen molar-refractivity contribution < 1.29 is 19.4 Å². The molecule has 0 unspecified atom stereocenters. The third-order valence-electron chi connectivity index (χ3n) is 3.75. The number of hydrogen-bond acceptors (Lipinski definition) is 4. The van der Waals surface area contributed by atoms with Gasteiger partial charge in [-0.15, -0.1) is 0 Å². The maximum atomic E-state index is 12.6. The summed E-state index contributed by atoms with van der Waals surface area (Å²) in [4.78, 5) is 14.3. The second-order valence-corrected chi connectivity index (χ2v) is 6.45. The number of benzene rings is 1. The van der Waals surface area contributed by atoms with Crippen LogP contribution in [0.2, 0.25) is 5.02 Å². The van der Waals surface area contributed by atoms with E-state index in [1.165, 1.54) is 0 Å². The van der Waals surface area contributed by atoms with Crippen LogP contribution in [0.1, 0.15) is 44.0 Å². The average Bonchev–Trinajstić information content (AvgIpc) is 2.86. The van der Waals surface area contributed by atoms with Crippen molar-refractivity contribution in [2.75, 3.05) is 26.3 Å². The fraction of sp³-hybridized carbons (Fsp3) is 0.588. The highest BCUT2D eigenvalue weighted by Gasteiger charge is 2.34. The van der Waals surface area contributed by atoms with E-state index in [1.54, 1.807) is 24.0 Å². The van der Waals surface area contributed by atoms with Crippen molar-refractivity contribution in [3.63, 3.8) is 0 Å². The number of carbonyl (C=O) groups is 1. The van der Waals surface area contributed by atoms with E-state index in [0.29, 0.717) is 54.8 Å². The zero-order chi connectivity index (χ0) is 17.0. The Bertz CT molecular complexity index is 574. The molecule has 1 aliphatic rings. The van der Waals surface area contributed by atoms with Crippen LogP contribution in [0.4, 0.5) is 0 Å². The summed E-state index contributed by atoms with van der Waals surface area (Å²) in [5.74, 6) is 0.788. The number of carbonyl (C=O) groups excluding carboxylic acids is 1. The molecular weight excluding hydrogens is 318 g/mol. The molecule has 0 radical (unpaired) electrons. The molecule has 1 N–H and O–H groups in total. The fourth-order valence-electron chi connectivity index (χ4n) is 2.60. The lowest BCUT2D eigenvalue weighted by Crippen LogP contribution is -2.33. The molecule has 1 aliphatic heterocycles. The molecule has 0 aromatic heterocycles. The molecule has 1 amide bonds. The van der Waals surface area contributed by atoms with Gasteiger partial charge in [0.1, 0.15) is 0 Å². The SMILES string of the molecule is CCCOc1c(Cl)cc(C(=O)N2CC[C@@](C)(O)C2)cc1OCC. The van der Waals surface area contributed by atoms with Crippen LogP contribution in [0.25, 0.3) is 0 Å². The zero-order valence-electron chi connectivity index (χ0n) is 13.9. The number of β-amino-alcohol motifs (C(OH)–C–C–N with tert-alkyl or cyclic N) is 1. The fourth-order valence-corrected chi connectivity index (χ4v) is 2.86. The topological polar surface area (TPSA) is 59.0 Å². The van der Waals surface area contributed by atoms with Crippen LogP contribution in [0.15, 0.2) is 12.1 Å². The van der Waals surface area contributed by atoms with Crippen molar-refractivity contribution in [1.82, 2.24) is 4.90 Å². The molecule has 2 rings (SSSR count). The molecule has 1 atom stereocenters. The number of amides is 1. The Morgan fingerprint density at radius 3 is 2.70 bits per heavy atom. The minimum atomic E-state index is -0.827. The van der Waals surface area contributed by atoms with E-state index >= 15 is 0 Å². The number of nitrogens with zero attached hydrogens (tertiary/aromatic N) is 1. The number of likely N-dealkylation sites (tertiary alicyclic amines) is 1. The van der Waals surface area contributed by atoms with E-state index in [-0.39, 0.29) is 5.91 Å². The first-order chi connectivity index (χ1) is 10.9. The Morgan fingerprint density at radius 2 is 2.13 bits per heavy atom. The quantitative estimate of drug-likeness (QED) is 0.863. The Labute approximate surface area is 142 Å². The van der Waals surface area contributed by atoms with E-state index in [9.17, 15) is 9.90 Å². The number of aliphatic hydroxyl groups is 1. The van der Waals surface area contributed by atoms with Crippen molar-refractivity contribution in [3.05, 3.63) is 22.7 Å². The molecule has 0 aliphatic carbocycles. The van der Waals surface area contributed by atoms with Crippen LogP contribution < -0.4 is 9.47 Å². The smallest absolute Gasteiger partial charge is 0.254 e. The second-order valence-electron chi connectivity index (χ2n) is 6.04. The first-order valence-corrected chi connectivity index (χ1v) is 8.36. The lowest BCUT2D eigenvalue weighted by molar-refractivity contribution is 0.0572. The number of ether oxygens (including phenoxy) is 2. The minimum Gasteiger partial charge on any atom is -0.490 e. The second kappa shape index (κ2) is 7.41. The Hall–Kier alpha value is -1.46. The minimum absolute atomic E-state index is 0.160. The molecule has 0 spiro atoms. The van der Waals surface area contributed by atoms with Gasteiger partial charge in [-0.2, -0.15) is 0 Å². The highest BCUT2D eigenvalue weighted by molar-refractivity contribution is 6.32. The molecular formula is C17H24ClNO4. The lowest BCUT2D eigenvalue weighted by atomic mass is 10.1. The van der Waals surface area contributed by atoms with Gasteiger partial charge in [-0.3, -0.25) is 4.79 Å². The Kier molecular flexibility index (Phi) is 5.76. The van der Waals surface area contributed by atoms with Crippen molar-refractivity contribution in [2.24, 2.45) is 0 Å². The van der Waals surface area contributed by atoms with Crippen LogP contribution in [-0.4, -0.2) is 47.8 Å². The van der Waals surface area contributed by atoms with Crippen LogP contribution in [0.5, 0.6) is 11.5 Å². The van der Waals surface area contributed by atoms with E-state index in [0.717, 1.165) is 6.42 Å². The Balaban J connectivity index is 2.27. The van der Waals surface area contributed by atoms with Crippen LogP contribution in [0, 0.1) is 0 Å². The van der Waals surface area contributed by atoms with Gasteiger partial charge >= 0.3 is 0 Å². The molecule has 1 fully saturated rings. The van der Waals surface area contributed by atoms with Crippen molar-refractivity contribution in [3.8, 4) is 11.5 Å². The average molecular weight is 342 g/mol. The van der Waals surface area contributed by atoms with Gasteiger partial charge < -0.3 is 19.5 Å². The van der Waals surface area contributed by atoms with Crippen molar-refractivity contribution >= 4 is 17.5 Å². The molecule has 1 saturated heterocycles. The molecule has 128 valence electrons. The summed E-state index contributed by atoms with van der Waals surface area (Å²) < 4.78 is 11.2. The van der Waals surface area contributed by atoms with Gasteiger partial charge in [-0.25, -0.2) is 0 Å². The van der Waals surface area contributed by atoms with Gasteiger partial charge in [0.15, 0.2) is 11.5 Å². The molecule has 1 heterocycles. The van der Waals surface area contributed by atoms with E-state index in [1.807, 2.05) is 13.8 Å². The molecule has 0 bridgehead atoms. The van der Waals surface area contributed by atoms with E-state index in [4.69, 9.17) is 21.1 Å². The van der Waals surface area contributed by atoms with E-state index < -0.39 is 5.60 Å². The first-order valence-electron chi connectivity index (χ1n) is 7.98. The molecule has 23 heavy (non-hydrogen) atoms. The standard InChI is InChI=1S/C17H24ClNO4/c1-4-8-23-15-13(18)9-12(10-14(15)22-5-2)16(20)19-7-6-17(3,21)11-19/h9-10,21H,4-8,11H2,1-3H3/t17-/m1/s1.